The van der Waals surface area contributed by atoms with Crippen LogP contribution in [0.25, 0.3) is 4.91 Å². The molecule has 0 fully saturated rings. The molecule has 0 saturated heterocycles. The van der Waals surface area contributed by atoms with Crippen molar-refractivity contribution in [3.05, 3.63) is 70.8 Å². The smallest absolute Gasteiger partial charge is 0.118 e. The molecule has 0 aliphatic carbocycles. The Labute approximate surface area is 140 Å². The van der Waals surface area contributed by atoms with E-state index in [1.807, 2.05) is 35.7 Å². The van der Waals surface area contributed by atoms with Gasteiger partial charge in [0, 0.05) is 19.0 Å². The van der Waals surface area contributed by atoms with Crippen LogP contribution in [0.3, 0.4) is 0 Å². The first-order valence-corrected chi connectivity index (χ1v) is 8.89. The fourth-order valence-electron chi connectivity index (χ4n) is 2.32. The first-order chi connectivity index (χ1) is 10.7. The molecular formula is C18H19NOS2. The lowest BCUT2D eigenvalue weighted by atomic mass is 10.2. The van der Waals surface area contributed by atoms with Gasteiger partial charge in [-0.2, -0.15) is 0 Å². The van der Waals surface area contributed by atoms with Gasteiger partial charge < -0.3 is 9.64 Å². The molecule has 0 spiro atoms. The van der Waals surface area contributed by atoms with E-state index in [0.717, 1.165) is 5.75 Å². The SMILES string of the molecule is COc1ccc(C2SC(c3ccccc3)=C(N(C)C)S2)cc1. The summed E-state index contributed by atoms with van der Waals surface area (Å²) in [5.41, 5.74) is 2.61. The number of nitrogens with zero attached hydrogens (tertiary/aromatic N) is 1. The highest BCUT2D eigenvalue weighted by molar-refractivity contribution is 8.26. The largest absolute Gasteiger partial charge is 0.497 e. The highest BCUT2D eigenvalue weighted by Crippen LogP contribution is 2.58. The van der Waals surface area contributed by atoms with E-state index in [-0.39, 0.29) is 0 Å². The molecule has 3 rings (SSSR count). The number of ether oxygens (including phenoxy) is 1. The summed E-state index contributed by atoms with van der Waals surface area (Å²) in [5, 5.41) is 1.33. The normalized spacial score (nSPS) is 17.7. The number of benzene rings is 2. The van der Waals surface area contributed by atoms with Crippen LogP contribution in [-0.2, 0) is 0 Å². The lowest BCUT2D eigenvalue weighted by Crippen LogP contribution is -2.08. The van der Waals surface area contributed by atoms with Crippen molar-refractivity contribution >= 4 is 28.4 Å². The number of thioether (sulfide) groups is 2. The Hall–Kier alpha value is -1.52. The van der Waals surface area contributed by atoms with Crippen LogP contribution in [0, 0.1) is 0 Å². The summed E-state index contributed by atoms with van der Waals surface area (Å²) in [5.74, 6) is 0.904. The summed E-state index contributed by atoms with van der Waals surface area (Å²) in [6, 6.07) is 19.0. The Morgan fingerprint density at radius 1 is 0.909 bits per heavy atom. The molecule has 1 unspecified atom stereocenters. The maximum atomic E-state index is 5.25. The molecule has 0 amide bonds. The number of hydrogen-bond donors (Lipinski definition) is 0. The van der Waals surface area contributed by atoms with E-state index >= 15 is 0 Å². The van der Waals surface area contributed by atoms with Crippen LogP contribution < -0.4 is 4.74 Å². The zero-order valence-corrected chi connectivity index (χ0v) is 14.6. The summed E-state index contributed by atoms with van der Waals surface area (Å²) in [6.07, 6.45) is 0. The van der Waals surface area contributed by atoms with Crippen molar-refractivity contribution in [2.45, 2.75) is 4.58 Å². The topological polar surface area (TPSA) is 12.5 Å². The van der Waals surface area contributed by atoms with E-state index in [1.165, 1.54) is 21.1 Å². The molecule has 22 heavy (non-hydrogen) atoms. The Morgan fingerprint density at radius 3 is 2.18 bits per heavy atom. The summed E-state index contributed by atoms with van der Waals surface area (Å²) >= 11 is 3.84. The Kier molecular flexibility index (Phi) is 4.69. The zero-order valence-electron chi connectivity index (χ0n) is 12.9. The maximum Gasteiger partial charge on any atom is 0.118 e. The molecule has 0 radical (unpaired) electrons. The van der Waals surface area contributed by atoms with E-state index < -0.39 is 0 Å². The molecule has 2 aromatic carbocycles. The molecule has 1 atom stereocenters. The predicted octanol–water partition coefficient (Wildman–Crippen LogP) is 5.06. The quantitative estimate of drug-likeness (QED) is 0.777. The van der Waals surface area contributed by atoms with Crippen LogP contribution in [0.4, 0.5) is 0 Å². The van der Waals surface area contributed by atoms with Crippen LogP contribution in [0.15, 0.2) is 59.6 Å². The molecule has 1 heterocycles. The summed E-state index contributed by atoms with van der Waals surface area (Å²) < 4.78 is 5.64. The first kappa shape index (κ1) is 15.4. The van der Waals surface area contributed by atoms with Crippen molar-refractivity contribution in [2.24, 2.45) is 0 Å². The van der Waals surface area contributed by atoms with E-state index in [1.54, 1.807) is 7.11 Å². The van der Waals surface area contributed by atoms with Crippen LogP contribution >= 0.6 is 23.5 Å². The molecule has 0 aromatic heterocycles. The second kappa shape index (κ2) is 6.71. The third-order valence-corrected chi connectivity index (χ3v) is 6.60. The third-order valence-electron chi connectivity index (χ3n) is 3.47. The Morgan fingerprint density at radius 2 is 1.59 bits per heavy atom. The lowest BCUT2D eigenvalue weighted by molar-refractivity contribution is 0.414. The van der Waals surface area contributed by atoms with Crippen molar-refractivity contribution < 1.29 is 4.74 Å². The van der Waals surface area contributed by atoms with Gasteiger partial charge in [0.2, 0.25) is 0 Å². The molecular weight excluding hydrogens is 310 g/mol. The number of hydrogen-bond acceptors (Lipinski definition) is 4. The lowest BCUT2D eigenvalue weighted by Gasteiger charge is -2.15. The van der Waals surface area contributed by atoms with E-state index in [9.17, 15) is 0 Å². The van der Waals surface area contributed by atoms with E-state index in [0.29, 0.717) is 4.58 Å². The molecule has 4 heteroatoms. The highest BCUT2D eigenvalue weighted by atomic mass is 32.2. The van der Waals surface area contributed by atoms with Gasteiger partial charge in [0.25, 0.3) is 0 Å². The molecule has 114 valence electrons. The van der Waals surface area contributed by atoms with E-state index in [2.05, 4.69) is 61.5 Å². The fourth-order valence-corrected chi connectivity index (χ4v) is 5.36. The van der Waals surface area contributed by atoms with Gasteiger partial charge in [0.05, 0.1) is 16.7 Å². The highest BCUT2D eigenvalue weighted by Gasteiger charge is 2.29. The van der Waals surface area contributed by atoms with Crippen molar-refractivity contribution in [1.29, 1.82) is 0 Å². The fraction of sp³-hybridized carbons (Fsp3) is 0.222. The minimum atomic E-state index is 0.388. The first-order valence-electron chi connectivity index (χ1n) is 7.13. The van der Waals surface area contributed by atoms with Gasteiger partial charge >= 0.3 is 0 Å². The van der Waals surface area contributed by atoms with Crippen LogP contribution in [0.2, 0.25) is 0 Å². The minimum Gasteiger partial charge on any atom is -0.497 e. The Balaban J connectivity index is 1.88. The molecule has 0 bridgehead atoms. The number of rotatable bonds is 4. The van der Waals surface area contributed by atoms with Gasteiger partial charge in [-0.05, 0) is 23.3 Å². The van der Waals surface area contributed by atoms with Crippen LogP contribution in [-0.4, -0.2) is 26.1 Å². The summed E-state index contributed by atoms with van der Waals surface area (Å²) in [6.45, 7) is 0. The molecule has 0 N–H and O–H groups in total. The van der Waals surface area contributed by atoms with Gasteiger partial charge in [-0.15, -0.1) is 11.8 Å². The van der Waals surface area contributed by atoms with Gasteiger partial charge in [-0.3, -0.25) is 0 Å². The monoisotopic (exact) mass is 329 g/mol. The zero-order chi connectivity index (χ0) is 15.5. The van der Waals surface area contributed by atoms with Crippen LogP contribution in [0.1, 0.15) is 15.7 Å². The van der Waals surface area contributed by atoms with Crippen molar-refractivity contribution in [3.63, 3.8) is 0 Å². The van der Waals surface area contributed by atoms with Gasteiger partial charge in [-0.25, -0.2) is 0 Å². The predicted molar refractivity (Wildman–Crippen MR) is 98.0 cm³/mol. The van der Waals surface area contributed by atoms with Crippen molar-refractivity contribution in [2.75, 3.05) is 21.2 Å². The van der Waals surface area contributed by atoms with Crippen molar-refractivity contribution in [3.8, 4) is 5.75 Å². The molecule has 1 aliphatic heterocycles. The standard InChI is InChI=1S/C18H19NOS2/c1-19(2)17-16(13-7-5-4-6-8-13)21-18(22-17)14-9-11-15(20-3)12-10-14/h4-12,18H,1-3H3. The number of methoxy groups -OCH3 is 1. The Bertz CT molecular complexity index is 665. The maximum absolute atomic E-state index is 5.25. The summed E-state index contributed by atoms with van der Waals surface area (Å²) in [4.78, 5) is 3.57. The van der Waals surface area contributed by atoms with E-state index in [4.69, 9.17) is 4.74 Å². The molecule has 2 aromatic rings. The molecule has 1 aliphatic rings. The van der Waals surface area contributed by atoms with Gasteiger partial charge in [-0.1, -0.05) is 54.2 Å². The van der Waals surface area contributed by atoms with Gasteiger partial charge in [0.1, 0.15) is 5.75 Å². The summed E-state index contributed by atoms with van der Waals surface area (Å²) in [7, 11) is 5.93. The van der Waals surface area contributed by atoms with Crippen LogP contribution in [0.5, 0.6) is 5.75 Å². The average Bonchev–Trinajstić information content (AvgIpc) is 3.01. The second-order valence-corrected chi connectivity index (χ2v) is 7.74. The second-order valence-electron chi connectivity index (χ2n) is 5.24. The molecule has 0 saturated carbocycles. The minimum absolute atomic E-state index is 0.388. The molecule has 2 nitrogen and oxygen atoms in total. The third kappa shape index (κ3) is 3.13. The average molecular weight is 329 g/mol. The van der Waals surface area contributed by atoms with Crippen molar-refractivity contribution in [1.82, 2.24) is 4.90 Å². The van der Waals surface area contributed by atoms with Gasteiger partial charge in [0.15, 0.2) is 0 Å².